The number of nitrogens with two attached hydrogens (primary N) is 1. The highest BCUT2D eigenvalue weighted by atomic mass is 16.7. The van der Waals surface area contributed by atoms with E-state index in [9.17, 15) is 14.9 Å². The second-order valence-corrected chi connectivity index (χ2v) is 9.10. The van der Waals surface area contributed by atoms with Crippen molar-refractivity contribution in [3.05, 3.63) is 78.7 Å². The minimum Gasteiger partial charge on any atom is -0.493 e. The molecule has 0 unspecified atom stereocenters. The van der Waals surface area contributed by atoms with Crippen molar-refractivity contribution in [1.29, 1.82) is 0 Å². The number of hydrogen-bond acceptors (Lipinski definition) is 6. The fourth-order valence-corrected chi connectivity index (χ4v) is 4.85. The van der Waals surface area contributed by atoms with Crippen molar-refractivity contribution in [1.82, 2.24) is 14.5 Å². The lowest BCUT2D eigenvalue weighted by molar-refractivity contribution is -0.485. The van der Waals surface area contributed by atoms with Crippen LogP contribution in [-0.4, -0.2) is 40.9 Å². The minimum atomic E-state index is -0.881. The summed E-state index contributed by atoms with van der Waals surface area (Å²) in [6.45, 7) is 6.76. The number of aryl methyl sites for hydroxylation is 4. The molecule has 2 aromatic carbocycles. The molecule has 0 amide bonds. The number of aromatic nitrogens is 2. The van der Waals surface area contributed by atoms with Crippen molar-refractivity contribution in [2.45, 2.75) is 40.3 Å². The van der Waals surface area contributed by atoms with Gasteiger partial charge in [-0.1, -0.05) is 17.7 Å². The first-order chi connectivity index (χ1) is 18.1. The van der Waals surface area contributed by atoms with E-state index in [1.165, 1.54) is 0 Å². The Morgan fingerprint density at radius 1 is 1.11 bits per heavy atom. The first kappa shape index (κ1) is 26.5. The normalized spacial score (nSPS) is 13.1. The molecule has 0 fully saturated rings. The van der Waals surface area contributed by atoms with Crippen LogP contribution in [0.1, 0.15) is 22.3 Å². The highest BCUT2D eigenvalue weighted by molar-refractivity contribution is 5.77. The SMILES string of the molecule is COc1cc2c(cc1OC)-c1c/c(=N\c3c(C)cc(C)cc3C)n(CCN/C(N)=N/[N+](=O)[O-])c(=O)n1CC2. The van der Waals surface area contributed by atoms with E-state index >= 15 is 0 Å². The third-order valence-electron chi connectivity index (χ3n) is 6.48. The lowest BCUT2D eigenvalue weighted by atomic mass is 9.97. The zero-order chi connectivity index (χ0) is 27.6. The van der Waals surface area contributed by atoms with Gasteiger partial charge in [0.15, 0.2) is 16.5 Å². The molecule has 4 rings (SSSR count). The van der Waals surface area contributed by atoms with Crippen LogP contribution in [0, 0.1) is 30.9 Å². The van der Waals surface area contributed by atoms with Crippen LogP contribution < -0.4 is 31.7 Å². The predicted octanol–water partition coefficient (Wildman–Crippen LogP) is 2.14. The number of rotatable bonds is 7. The van der Waals surface area contributed by atoms with Crippen LogP contribution >= 0.6 is 0 Å². The molecule has 1 aliphatic heterocycles. The molecule has 1 aliphatic rings. The Labute approximate surface area is 219 Å². The van der Waals surface area contributed by atoms with Gasteiger partial charge in [-0.25, -0.2) is 19.9 Å². The first-order valence-corrected chi connectivity index (χ1v) is 12.1. The Balaban J connectivity index is 1.92. The molecule has 0 radical (unpaired) electrons. The molecule has 1 aromatic heterocycles. The summed E-state index contributed by atoms with van der Waals surface area (Å²) in [5.41, 5.74) is 12.3. The predicted molar refractivity (Wildman–Crippen MR) is 143 cm³/mol. The number of ether oxygens (including phenoxy) is 2. The summed E-state index contributed by atoms with van der Waals surface area (Å²) in [5, 5.41) is 15.4. The molecule has 3 N–H and O–H groups in total. The average molecular weight is 522 g/mol. The van der Waals surface area contributed by atoms with Gasteiger partial charge in [-0.3, -0.25) is 9.13 Å². The van der Waals surface area contributed by atoms with Crippen LogP contribution in [0.4, 0.5) is 5.69 Å². The molecule has 0 spiro atoms. The fourth-order valence-electron chi connectivity index (χ4n) is 4.85. The van der Waals surface area contributed by atoms with Gasteiger partial charge in [0.25, 0.3) is 5.96 Å². The highest BCUT2D eigenvalue weighted by Gasteiger charge is 2.22. The van der Waals surface area contributed by atoms with E-state index in [0.29, 0.717) is 30.0 Å². The molecule has 12 nitrogen and oxygen atoms in total. The molecule has 0 atom stereocenters. The summed E-state index contributed by atoms with van der Waals surface area (Å²) in [4.78, 5) is 29.3. The van der Waals surface area contributed by atoms with Crippen molar-refractivity contribution < 1.29 is 14.5 Å². The quantitative estimate of drug-likeness (QED) is 0.209. The summed E-state index contributed by atoms with van der Waals surface area (Å²) in [6.07, 6.45) is 0.635. The molecule has 0 bridgehead atoms. The molecule has 12 heteroatoms. The van der Waals surface area contributed by atoms with E-state index in [2.05, 4.69) is 10.4 Å². The Bertz CT molecular complexity index is 1550. The van der Waals surface area contributed by atoms with Crippen molar-refractivity contribution in [2.24, 2.45) is 15.8 Å². The van der Waals surface area contributed by atoms with Crippen LogP contribution in [-0.2, 0) is 19.5 Å². The van der Waals surface area contributed by atoms with Crippen LogP contribution in [0.3, 0.4) is 0 Å². The highest BCUT2D eigenvalue weighted by Crippen LogP contribution is 2.37. The number of nitrogens with zero attached hydrogens (tertiary/aromatic N) is 5. The Morgan fingerprint density at radius 3 is 2.39 bits per heavy atom. The standard InChI is InChI=1S/C26H31N7O5/c1-15-10-16(2)24(17(3)11-15)29-23-14-20-19-13-22(38-5)21(37-4)12-18(19)6-8-31(20)26(34)32(23)9-7-28-25(27)30-33(35)36/h10-14H,6-9H2,1-5H3,(H3,27,28,30)/b29-23+. The number of nitro groups is 1. The van der Waals surface area contributed by atoms with Crippen molar-refractivity contribution in [3.63, 3.8) is 0 Å². The maximum atomic E-state index is 13.8. The van der Waals surface area contributed by atoms with Crippen LogP contribution in [0.25, 0.3) is 11.3 Å². The molecular weight excluding hydrogens is 490 g/mol. The van der Waals surface area contributed by atoms with E-state index in [1.807, 2.05) is 51.1 Å². The monoisotopic (exact) mass is 521 g/mol. The third-order valence-corrected chi connectivity index (χ3v) is 6.48. The fraction of sp³-hybridized carbons (Fsp3) is 0.346. The van der Waals surface area contributed by atoms with Crippen LogP contribution in [0.2, 0.25) is 0 Å². The third kappa shape index (κ3) is 5.24. The molecule has 2 heterocycles. The van der Waals surface area contributed by atoms with Crippen LogP contribution in [0.15, 0.2) is 45.2 Å². The molecule has 3 aromatic rings. The number of hydrogen-bond donors (Lipinski definition) is 2. The van der Waals surface area contributed by atoms with Gasteiger partial charge >= 0.3 is 5.69 Å². The number of benzene rings is 2. The van der Waals surface area contributed by atoms with Gasteiger partial charge in [0.2, 0.25) is 0 Å². The summed E-state index contributed by atoms with van der Waals surface area (Å²) in [7, 11) is 3.17. The van der Waals surface area contributed by atoms with E-state index in [1.54, 1.807) is 23.4 Å². The maximum absolute atomic E-state index is 13.8. The maximum Gasteiger partial charge on any atom is 0.330 e. The van der Waals surface area contributed by atoms with E-state index < -0.39 is 5.03 Å². The topological polar surface area (TPSA) is 151 Å². The molecule has 0 saturated carbocycles. The summed E-state index contributed by atoms with van der Waals surface area (Å²) >= 11 is 0. The van der Waals surface area contributed by atoms with Crippen LogP contribution in [0.5, 0.6) is 11.5 Å². The molecule has 0 aliphatic carbocycles. The van der Waals surface area contributed by atoms with Gasteiger partial charge in [0, 0.05) is 31.3 Å². The van der Waals surface area contributed by atoms with Gasteiger partial charge in [0.05, 0.1) is 25.6 Å². The second-order valence-electron chi connectivity index (χ2n) is 9.10. The number of hydrazone groups is 1. The minimum absolute atomic E-state index is 0.137. The number of nitrogens with one attached hydrogen (secondary N) is 1. The lowest BCUT2D eigenvalue weighted by Crippen LogP contribution is -2.45. The zero-order valence-electron chi connectivity index (χ0n) is 22.1. The molecule has 200 valence electrons. The van der Waals surface area contributed by atoms with Gasteiger partial charge in [-0.15, -0.1) is 0 Å². The van der Waals surface area contributed by atoms with Crippen molar-refractivity contribution in [3.8, 4) is 22.8 Å². The summed E-state index contributed by atoms with van der Waals surface area (Å²) < 4.78 is 14.2. The van der Waals surface area contributed by atoms with E-state index in [4.69, 9.17) is 20.2 Å². The average Bonchev–Trinajstić information content (AvgIpc) is 2.86. The number of fused-ring (bicyclic) bond motifs is 3. The van der Waals surface area contributed by atoms with Gasteiger partial charge in [0.1, 0.15) is 10.6 Å². The number of methoxy groups -OCH3 is 2. The summed E-state index contributed by atoms with van der Waals surface area (Å²) in [5.74, 6) is 0.855. The second kappa shape index (κ2) is 10.8. The smallest absolute Gasteiger partial charge is 0.330 e. The van der Waals surface area contributed by atoms with E-state index in [0.717, 1.165) is 39.2 Å². The first-order valence-electron chi connectivity index (χ1n) is 12.1. The van der Waals surface area contributed by atoms with Gasteiger partial charge in [-0.05, 0) is 56.0 Å². The Hall–Kier alpha value is -4.61. The zero-order valence-corrected chi connectivity index (χ0v) is 22.1. The molecular formula is C26H31N7O5. The van der Waals surface area contributed by atoms with E-state index in [-0.39, 0.29) is 24.7 Å². The Morgan fingerprint density at radius 2 is 1.76 bits per heavy atom. The van der Waals surface area contributed by atoms with Gasteiger partial charge in [-0.2, -0.15) is 0 Å². The van der Waals surface area contributed by atoms with Crippen molar-refractivity contribution >= 4 is 11.6 Å². The number of guanidine groups is 1. The van der Waals surface area contributed by atoms with Crippen molar-refractivity contribution in [2.75, 3.05) is 20.8 Å². The molecule has 0 saturated heterocycles. The molecule has 38 heavy (non-hydrogen) atoms. The largest absolute Gasteiger partial charge is 0.493 e. The van der Waals surface area contributed by atoms with Gasteiger partial charge < -0.3 is 20.5 Å². The summed E-state index contributed by atoms with van der Waals surface area (Å²) in [6, 6.07) is 9.80. The Kier molecular flexibility index (Phi) is 7.51. The lowest BCUT2D eigenvalue weighted by Gasteiger charge is -2.24.